The van der Waals surface area contributed by atoms with Crippen molar-refractivity contribution in [3.05, 3.63) is 95.9 Å². The van der Waals surface area contributed by atoms with E-state index in [1.54, 1.807) is 12.1 Å². The minimum atomic E-state index is -1.12. The maximum Gasteiger partial charge on any atom is 0.244 e. The summed E-state index contributed by atoms with van der Waals surface area (Å²) in [6.45, 7) is 4.51. The number of nitriles is 1. The maximum absolute atomic E-state index is 13.4. The van der Waals surface area contributed by atoms with Crippen LogP contribution in [-0.4, -0.2) is 42.1 Å². The number of amides is 1. The van der Waals surface area contributed by atoms with Crippen LogP contribution in [0.1, 0.15) is 30.1 Å². The smallest absolute Gasteiger partial charge is 0.244 e. The molecule has 0 spiro atoms. The van der Waals surface area contributed by atoms with Gasteiger partial charge in [-0.15, -0.1) is 0 Å². The number of aromatic nitrogens is 2. The van der Waals surface area contributed by atoms with Crippen LogP contribution >= 0.6 is 0 Å². The molecule has 0 unspecified atom stereocenters. The zero-order valence-electron chi connectivity index (χ0n) is 20.5. The van der Waals surface area contributed by atoms with Crippen molar-refractivity contribution in [2.75, 3.05) is 36.0 Å². The zero-order valence-corrected chi connectivity index (χ0v) is 20.5. The molecule has 1 aliphatic heterocycles. The van der Waals surface area contributed by atoms with Crippen molar-refractivity contribution < 1.29 is 9.18 Å². The molecule has 1 amide bonds. The minimum Gasteiger partial charge on any atom is -0.368 e. The van der Waals surface area contributed by atoms with E-state index in [4.69, 9.17) is 9.97 Å². The van der Waals surface area contributed by atoms with E-state index in [-0.39, 0.29) is 11.9 Å². The molecule has 1 aromatic heterocycles. The molecule has 3 aromatic carbocycles. The largest absolute Gasteiger partial charge is 0.368 e. The van der Waals surface area contributed by atoms with Gasteiger partial charge in [-0.1, -0.05) is 42.5 Å². The Morgan fingerprint density at radius 1 is 0.892 bits per heavy atom. The number of carbonyl (C=O) groups is 1. The van der Waals surface area contributed by atoms with Crippen molar-refractivity contribution in [3.8, 4) is 6.07 Å². The summed E-state index contributed by atoms with van der Waals surface area (Å²) in [5, 5.41) is 13.1. The zero-order chi connectivity index (χ0) is 25.8. The Morgan fingerprint density at radius 2 is 1.49 bits per heavy atom. The number of piperazine rings is 1. The molecule has 5 rings (SSSR count). The Labute approximate surface area is 215 Å². The standard InChI is InChI=1S/C29H27FN6O/c1-20(21-7-3-2-4-8-21)32-29(37)24(19-31)27-28(34-26-10-6-5-9-25(26)33-27)36-17-15-35(16-18-36)23-13-11-22(30)12-14-23/h2-14,20,24H,15-18H2,1H3,(H,32,37)/t20-,24-/m1/s1. The fourth-order valence-corrected chi connectivity index (χ4v) is 4.62. The van der Waals surface area contributed by atoms with E-state index in [9.17, 15) is 14.4 Å². The number of fused-ring (bicyclic) bond motifs is 1. The number of rotatable bonds is 6. The van der Waals surface area contributed by atoms with Gasteiger partial charge in [0.1, 0.15) is 11.5 Å². The number of benzene rings is 3. The summed E-state index contributed by atoms with van der Waals surface area (Å²) in [5.74, 6) is -1.24. The Morgan fingerprint density at radius 3 is 2.14 bits per heavy atom. The molecule has 1 saturated heterocycles. The second-order valence-corrected chi connectivity index (χ2v) is 9.07. The summed E-state index contributed by atoms with van der Waals surface area (Å²) in [4.78, 5) is 27.2. The van der Waals surface area contributed by atoms with Crippen molar-refractivity contribution in [1.82, 2.24) is 15.3 Å². The van der Waals surface area contributed by atoms with E-state index in [0.29, 0.717) is 48.7 Å². The van der Waals surface area contributed by atoms with Gasteiger partial charge in [-0.3, -0.25) is 4.79 Å². The molecule has 4 aromatic rings. The van der Waals surface area contributed by atoms with Gasteiger partial charge in [0.2, 0.25) is 5.91 Å². The fourth-order valence-electron chi connectivity index (χ4n) is 4.62. The average molecular weight is 495 g/mol. The Bertz CT molecular complexity index is 1430. The predicted octanol–water partition coefficient (Wildman–Crippen LogP) is 4.58. The lowest BCUT2D eigenvalue weighted by atomic mass is 10.0. The van der Waals surface area contributed by atoms with Gasteiger partial charge in [0.05, 0.1) is 23.1 Å². The summed E-state index contributed by atoms with van der Waals surface area (Å²) >= 11 is 0. The molecule has 0 aliphatic carbocycles. The molecule has 2 atom stereocenters. The van der Waals surface area contributed by atoms with E-state index in [2.05, 4.69) is 21.2 Å². The molecule has 1 N–H and O–H groups in total. The molecule has 0 radical (unpaired) electrons. The number of hydrogen-bond acceptors (Lipinski definition) is 6. The third kappa shape index (κ3) is 5.21. The van der Waals surface area contributed by atoms with Crippen LogP contribution in [0.3, 0.4) is 0 Å². The lowest BCUT2D eigenvalue weighted by molar-refractivity contribution is -0.122. The first kappa shape index (κ1) is 24.2. The van der Waals surface area contributed by atoms with Gasteiger partial charge in [-0.2, -0.15) is 5.26 Å². The number of para-hydroxylation sites is 2. The highest BCUT2D eigenvalue weighted by Gasteiger charge is 2.31. The van der Waals surface area contributed by atoms with Crippen LogP contribution in [0.25, 0.3) is 11.0 Å². The first-order chi connectivity index (χ1) is 18.0. The SMILES string of the molecule is C[C@@H](NC(=O)[C@H](C#N)c1nc2ccccc2nc1N1CCN(c2ccc(F)cc2)CC1)c1ccccc1. The second kappa shape index (κ2) is 10.6. The van der Waals surface area contributed by atoms with Crippen LogP contribution in [0.5, 0.6) is 0 Å². The molecular weight excluding hydrogens is 467 g/mol. The average Bonchev–Trinajstić information content (AvgIpc) is 2.94. The fraction of sp³-hybridized carbons (Fsp3) is 0.241. The lowest BCUT2D eigenvalue weighted by Gasteiger charge is -2.37. The van der Waals surface area contributed by atoms with Gasteiger partial charge in [0.25, 0.3) is 0 Å². The van der Waals surface area contributed by atoms with Gasteiger partial charge in [-0.25, -0.2) is 14.4 Å². The monoisotopic (exact) mass is 494 g/mol. The number of hydrogen-bond donors (Lipinski definition) is 1. The van der Waals surface area contributed by atoms with Crippen molar-refractivity contribution in [3.63, 3.8) is 0 Å². The third-order valence-electron chi connectivity index (χ3n) is 6.67. The van der Waals surface area contributed by atoms with Crippen LogP contribution in [-0.2, 0) is 4.79 Å². The molecule has 186 valence electrons. The summed E-state index contributed by atoms with van der Waals surface area (Å²) in [5.41, 5.74) is 3.60. The van der Waals surface area contributed by atoms with Gasteiger partial charge in [0.15, 0.2) is 11.7 Å². The number of anilines is 2. The highest BCUT2D eigenvalue weighted by atomic mass is 19.1. The summed E-state index contributed by atoms with van der Waals surface area (Å²) in [6.07, 6.45) is 0. The van der Waals surface area contributed by atoms with Crippen LogP contribution < -0.4 is 15.1 Å². The van der Waals surface area contributed by atoms with Gasteiger partial charge >= 0.3 is 0 Å². The third-order valence-corrected chi connectivity index (χ3v) is 6.67. The van der Waals surface area contributed by atoms with E-state index in [1.165, 1.54) is 12.1 Å². The van der Waals surface area contributed by atoms with Gasteiger partial charge < -0.3 is 15.1 Å². The van der Waals surface area contributed by atoms with Crippen LogP contribution in [0, 0.1) is 17.1 Å². The van der Waals surface area contributed by atoms with Crippen LogP contribution in [0.2, 0.25) is 0 Å². The van der Waals surface area contributed by atoms with Gasteiger partial charge in [0, 0.05) is 31.9 Å². The van der Waals surface area contributed by atoms with Gasteiger partial charge in [-0.05, 0) is 48.9 Å². The first-order valence-corrected chi connectivity index (χ1v) is 12.3. The Hall–Kier alpha value is -4.51. The molecule has 0 bridgehead atoms. The van der Waals surface area contributed by atoms with E-state index < -0.39 is 11.8 Å². The summed E-state index contributed by atoms with van der Waals surface area (Å²) in [6, 6.07) is 25.5. The number of nitrogens with zero attached hydrogens (tertiary/aromatic N) is 5. The molecule has 37 heavy (non-hydrogen) atoms. The topological polar surface area (TPSA) is 85.1 Å². The Balaban J connectivity index is 1.42. The summed E-state index contributed by atoms with van der Waals surface area (Å²) < 4.78 is 13.4. The summed E-state index contributed by atoms with van der Waals surface area (Å²) in [7, 11) is 0. The number of nitrogens with one attached hydrogen (secondary N) is 1. The highest BCUT2D eigenvalue weighted by molar-refractivity contribution is 5.89. The molecular formula is C29H27FN6O. The second-order valence-electron chi connectivity index (χ2n) is 9.07. The number of halogens is 1. The molecule has 7 nitrogen and oxygen atoms in total. The molecule has 0 saturated carbocycles. The molecule has 2 heterocycles. The first-order valence-electron chi connectivity index (χ1n) is 12.3. The normalized spacial score (nSPS) is 15.2. The predicted molar refractivity (Wildman–Crippen MR) is 142 cm³/mol. The van der Waals surface area contributed by atoms with Crippen LogP contribution in [0.15, 0.2) is 78.9 Å². The quantitative estimate of drug-likeness (QED) is 0.422. The maximum atomic E-state index is 13.4. The lowest BCUT2D eigenvalue weighted by Crippen LogP contribution is -2.47. The van der Waals surface area contributed by atoms with E-state index in [1.807, 2.05) is 61.5 Å². The van der Waals surface area contributed by atoms with Crippen molar-refractivity contribution in [1.29, 1.82) is 5.26 Å². The minimum absolute atomic E-state index is 0.263. The number of carbonyl (C=O) groups excluding carboxylic acids is 1. The van der Waals surface area contributed by atoms with Crippen LogP contribution in [0.4, 0.5) is 15.9 Å². The van der Waals surface area contributed by atoms with Crippen molar-refractivity contribution in [2.45, 2.75) is 18.9 Å². The molecule has 1 aliphatic rings. The molecule has 1 fully saturated rings. The highest BCUT2D eigenvalue weighted by Crippen LogP contribution is 2.29. The van der Waals surface area contributed by atoms with E-state index in [0.717, 1.165) is 11.3 Å². The van der Waals surface area contributed by atoms with E-state index >= 15 is 0 Å². The van der Waals surface area contributed by atoms with Crippen molar-refractivity contribution >= 4 is 28.4 Å². The molecule has 8 heteroatoms. The Kier molecular flexibility index (Phi) is 6.95. The van der Waals surface area contributed by atoms with Crippen molar-refractivity contribution in [2.24, 2.45) is 0 Å².